The number of rotatable bonds is 4. The molecular weight excluding hydrogens is 484 g/mol. The highest BCUT2D eigenvalue weighted by Gasteiger charge is 2.75. The monoisotopic (exact) mass is 514 g/mol. The number of aliphatic hydroxyl groups is 1. The van der Waals surface area contributed by atoms with Crippen LogP contribution in [0.25, 0.3) is 0 Å². The van der Waals surface area contributed by atoms with Gasteiger partial charge in [0.05, 0.1) is 41.5 Å². The maximum absolute atomic E-state index is 14.3. The van der Waals surface area contributed by atoms with E-state index in [4.69, 9.17) is 21.1 Å². The number of hydrogen-bond acceptors (Lipinski definition) is 6. The zero-order valence-electron chi connectivity index (χ0n) is 20.4. The van der Waals surface area contributed by atoms with Gasteiger partial charge in [0.15, 0.2) is 0 Å². The number of hydrogen-bond donors (Lipinski definition) is 1. The summed E-state index contributed by atoms with van der Waals surface area (Å²) in [7, 11) is 0. The summed E-state index contributed by atoms with van der Waals surface area (Å²) in [4.78, 5) is 44.9. The molecule has 2 fully saturated rings. The number of aliphatic hydroxyl groups excluding tert-OH is 1. The van der Waals surface area contributed by atoms with Crippen molar-refractivity contribution in [3.63, 3.8) is 0 Å². The van der Waals surface area contributed by atoms with Crippen molar-refractivity contribution in [3.8, 4) is 0 Å². The number of cyclic esters (lactones) is 1. The molecule has 2 saturated heterocycles. The average Bonchev–Trinajstić information content (AvgIpc) is 3.21. The van der Waals surface area contributed by atoms with E-state index < -0.39 is 47.0 Å². The number of likely N-dealkylation sites (tertiary alicyclic amines) is 1. The third-order valence-electron chi connectivity index (χ3n) is 7.91. The summed E-state index contributed by atoms with van der Waals surface area (Å²) in [5.41, 5.74) is -2.03. The summed E-state index contributed by atoms with van der Waals surface area (Å²) in [6.07, 6.45) is 9.17. The number of esters is 1. The molecule has 0 bridgehead atoms. The van der Waals surface area contributed by atoms with Gasteiger partial charge in [-0.1, -0.05) is 55.0 Å². The van der Waals surface area contributed by atoms with Crippen LogP contribution >= 0.6 is 11.6 Å². The fourth-order valence-electron chi connectivity index (χ4n) is 6.27. The van der Waals surface area contributed by atoms with E-state index in [1.54, 1.807) is 43.3 Å². The van der Waals surface area contributed by atoms with Crippen LogP contribution in [0.15, 0.2) is 48.6 Å². The van der Waals surface area contributed by atoms with Crippen molar-refractivity contribution in [2.45, 2.75) is 56.4 Å². The Balaban J connectivity index is 1.69. The fraction of sp³-hybridized carbons (Fsp3) is 0.519. The Morgan fingerprint density at radius 3 is 2.64 bits per heavy atom. The van der Waals surface area contributed by atoms with Crippen LogP contribution in [0.5, 0.6) is 0 Å². The number of amides is 2. The standard InChI is InChI=1S/C27H31ClN2O6/c1-3-17(16-31)30-22-24(33)29(19-11-6-5-10-18(19)28)14-9-13-27(22)20(23(30)32)21-25(34)35-15-8-4-7-12-26(21,2)36-27/h5-7,9-13,17,20-22,31H,3-4,8,14-16H2,1-2H3/b12-7-/t17-,20-,21+,22?,26-,27-/m0/s1. The molecule has 8 nitrogen and oxygen atoms in total. The molecule has 0 radical (unpaired) electrons. The van der Waals surface area contributed by atoms with Crippen LogP contribution < -0.4 is 4.90 Å². The number of fused-ring (bicyclic) bond motifs is 2. The molecule has 1 N–H and O–H groups in total. The van der Waals surface area contributed by atoms with Crippen LogP contribution in [-0.2, 0) is 23.9 Å². The summed E-state index contributed by atoms with van der Waals surface area (Å²) in [6, 6.07) is 5.32. The Kier molecular flexibility index (Phi) is 6.47. The second kappa shape index (κ2) is 9.32. The number of allylic oxidation sites excluding steroid dienone is 1. The summed E-state index contributed by atoms with van der Waals surface area (Å²) in [5, 5.41) is 10.6. The molecule has 36 heavy (non-hydrogen) atoms. The van der Waals surface area contributed by atoms with Gasteiger partial charge in [-0.3, -0.25) is 14.4 Å². The number of benzene rings is 1. The van der Waals surface area contributed by atoms with Crippen LogP contribution in [-0.4, -0.2) is 70.8 Å². The number of carbonyl (C=O) groups excluding carboxylic acids is 3. The lowest BCUT2D eigenvalue weighted by molar-refractivity contribution is -0.159. The number of anilines is 1. The minimum Gasteiger partial charge on any atom is -0.465 e. The van der Waals surface area contributed by atoms with Crippen LogP contribution in [0.3, 0.4) is 0 Å². The van der Waals surface area contributed by atoms with E-state index in [2.05, 4.69) is 0 Å². The van der Waals surface area contributed by atoms with E-state index in [1.807, 2.05) is 19.1 Å². The van der Waals surface area contributed by atoms with E-state index in [9.17, 15) is 19.5 Å². The normalized spacial score (nSPS) is 35.7. The number of nitrogens with zero attached hydrogens (tertiary/aromatic N) is 2. The van der Waals surface area contributed by atoms with Gasteiger partial charge >= 0.3 is 5.97 Å². The van der Waals surface area contributed by atoms with Gasteiger partial charge in [-0.15, -0.1) is 0 Å². The van der Waals surface area contributed by atoms with E-state index in [0.717, 1.165) is 0 Å². The van der Waals surface area contributed by atoms with Gasteiger partial charge in [-0.25, -0.2) is 0 Å². The Morgan fingerprint density at radius 1 is 1.14 bits per heavy atom. The smallest absolute Gasteiger partial charge is 0.313 e. The molecule has 0 aromatic heterocycles. The summed E-state index contributed by atoms with van der Waals surface area (Å²) >= 11 is 6.46. The first-order chi connectivity index (χ1) is 17.3. The molecule has 0 saturated carbocycles. The molecular formula is C27H31ClN2O6. The van der Waals surface area contributed by atoms with E-state index in [0.29, 0.717) is 30.0 Å². The number of ether oxygens (including phenoxy) is 2. The first-order valence-electron chi connectivity index (χ1n) is 12.5. The second-order valence-corrected chi connectivity index (χ2v) is 10.4. The first kappa shape index (κ1) is 25.0. The summed E-state index contributed by atoms with van der Waals surface area (Å²) < 4.78 is 12.3. The minimum atomic E-state index is -1.41. The molecule has 2 amide bonds. The van der Waals surface area contributed by atoms with Crippen LogP contribution in [0.1, 0.15) is 33.1 Å². The van der Waals surface area contributed by atoms with Gasteiger partial charge in [-0.2, -0.15) is 0 Å². The summed E-state index contributed by atoms with van der Waals surface area (Å²) in [6.45, 7) is 3.77. The Bertz CT molecular complexity index is 1130. The lowest BCUT2D eigenvalue weighted by Gasteiger charge is -2.40. The van der Waals surface area contributed by atoms with Gasteiger partial charge in [0.1, 0.15) is 17.6 Å². The van der Waals surface area contributed by atoms with Crippen LogP contribution in [0.2, 0.25) is 5.02 Å². The van der Waals surface area contributed by atoms with Gasteiger partial charge < -0.3 is 24.4 Å². The zero-order valence-corrected chi connectivity index (χ0v) is 21.2. The Labute approximate surface area is 215 Å². The Hall–Kier alpha value is -2.68. The highest BCUT2D eigenvalue weighted by Crippen LogP contribution is 2.57. The molecule has 9 heteroatoms. The second-order valence-electron chi connectivity index (χ2n) is 10.0. The average molecular weight is 515 g/mol. The van der Waals surface area contributed by atoms with Crippen molar-refractivity contribution in [1.82, 2.24) is 4.90 Å². The Morgan fingerprint density at radius 2 is 1.92 bits per heavy atom. The van der Waals surface area contributed by atoms with E-state index >= 15 is 0 Å². The molecule has 1 unspecified atom stereocenters. The molecule has 1 aromatic rings. The topological polar surface area (TPSA) is 96.4 Å². The lowest BCUT2D eigenvalue weighted by Crippen LogP contribution is -2.58. The highest BCUT2D eigenvalue weighted by molar-refractivity contribution is 6.34. The maximum atomic E-state index is 14.3. The lowest BCUT2D eigenvalue weighted by atomic mass is 9.74. The number of halogens is 1. The van der Waals surface area contributed by atoms with Crippen molar-refractivity contribution in [2.24, 2.45) is 11.8 Å². The van der Waals surface area contributed by atoms with E-state index in [1.165, 1.54) is 9.80 Å². The van der Waals surface area contributed by atoms with Crippen molar-refractivity contribution < 1.29 is 29.0 Å². The first-order valence-corrected chi connectivity index (χ1v) is 12.9. The molecule has 4 aliphatic rings. The molecule has 0 aliphatic carbocycles. The predicted octanol–water partition coefficient (Wildman–Crippen LogP) is 2.88. The molecule has 1 spiro atoms. The predicted molar refractivity (Wildman–Crippen MR) is 133 cm³/mol. The van der Waals surface area contributed by atoms with Crippen molar-refractivity contribution in [2.75, 3.05) is 24.7 Å². The molecule has 6 atom stereocenters. The van der Waals surface area contributed by atoms with Crippen LogP contribution in [0, 0.1) is 11.8 Å². The van der Waals surface area contributed by atoms with Crippen molar-refractivity contribution >= 4 is 35.1 Å². The minimum absolute atomic E-state index is 0.219. The molecule has 5 rings (SSSR count). The number of carbonyl (C=O) groups is 3. The van der Waals surface area contributed by atoms with Crippen molar-refractivity contribution in [3.05, 3.63) is 53.6 Å². The quantitative estimate of drug-likeness (QED) is 0.490. The highest BCUT2D eigenvalue weighted by atomic mass is 35.5. The SMILES string of the molecule is CC[C@@H](CO)N1C(=O)[C@@H]2[C@@H]3C(=O)OCCC/C=C\[C@]3(C)O[C@@]23C=CCN(c2ccccc2Cl)C(=O)C13. The van der Waals surface area contributed by atoms with Gasteiger partial charge in [0.25, 0.3) is 5.91 Å². The molecule has 192 valence electrons. The van der Waals surface area contributed by atoms with Gasteiger partial charge in [-0.05, 0) is 38.3 Å². The molecule has 4 heterocycles. The zero-order chi connectivity index (χ0) is 25.7. The van der Waals surface area contributed by atoms with Crippen molar-refractivity contribution in [1.29, 1.82) is 0 Å². The van der Waals surface area contributed by atoms with Crippen LogP contribution in [0.4, 0.5) is 5.69 Å². The van der Waals surface area contributed by atoms with Gasteiger partial charge in [0, 0.05) is 6.54 Å². The molecule has 4 aliphatic heterocycles. The molecule has 1 aromatic carbocycles. The maximum Gasteiger partial charge on any atom is 0.313 e. The third kappa shape index (κ3) is 3.61. The van der Waals surface area contributed by atoms with Gasteiger partial charge in [0.2, 0.25) is 5.91 Å². The fourth-order valence-corrected chi connectivity index (χ4v) is 6.51. The largest absolute Gasteiger partial charge is 0.465 e. The number of para-hydroxylation sites is 1. The summed E-state index contributed by atoms with van der Waals surface area (Å²) in [5.74, 6) is -3.19. The third-order valence-corrected chi connectivity index (χ3v) is 8.23. The van der Waals surface area contributed by atoms with E-state index in [-0.39, 0.29) is 25.7 Å².